The summed E-state index contributed by atoms with van der Waals surface area (Å²) in [5, 5.41) is 9.95. The number of carbonyl (C=O) groups is 2. The average molecular weight is 447 g/mol. The maximum Gasteiger partial charge on any atom is 0.338 e. The molecular formula is C19H18N4O5S2. The number of sulfonamides is 1. The number of anilines is 2. The van der Waals surface area contributed by atoms with E-state index in [1.54, 1.807) is 25.1 Å². The highest BCUT2D eigenvalue weighted by Gasteiger charge is 2.22. The van der Waals surface area contributed by atoms with E-state index in [9.17, 15) is 18.0 Å². The van der Waals surface area contributed by atoms with Gasteiger partial charge in [0.25, 0.3) is 20.3 Å². The number of amides is 1. The van der Waals surface area contributed by atoms with Crippen LogP contribution in [0, 0.1) is 6.92 Å². The van der Waals surface area contributed by atoms with Crippen molar-refractivity contribution >= 4 is 44.1 Å². The third-order valence-corrected chi connectivity index (χ3v) is 6.35. The van der Waals surface area contributed by atoms with Crippen LogP contribution in [0.2, 0.25) is 0 Å². The molecule has 156 valence electrons. The number of ether oxygens (including phenoxy) is 1. The van der Waals surface area contributed by atoms with E-state index in [-0.39, 0.29) is 27.3 Å². The van der Waals surface area contributed by atoms with Gasteiger partial charge in [0.2, 0.25) is 5.13 Å². The number of carbonyl (C=O) groups excluding carboxylic acids is 2. The number of nitrogens with one attached hydrogen (secondary N) is 2. The summed E-state index contributed by atoms with van der Waals surface area (Å²) in [6, 6.07) is 12.8. The molecule has 1 aromatic heterocycles. The maximum absolute atomic E-state index is 12.6. The molecule has 0 fully saturated rings. The van der Waals surface area contributed by atoms with Gasteiger partial charge in [-0.15, -0.1) is 10.2 Å². The summed E-state index contributed by atoms with van der Waals surface area (Å²) >= 11 is 0.709. The Bertz CT molecular complexity index is 1190. The van der Waals surface area contributed by atoms with Gasteiger partial charge in [0, 0.05) is 11.3 Å². The minimum absolute atomic E-state index is 0.0437. The fraction of sp³-hybridized carbons (Fsp3) is 0.158. The van der Waals surface area contributed by atoms with Gasteiger partial charge in [-0.25, -0.2) is 4.79 Å². The minimum Gasteiger partial charge on any atom is -0.462 e. The molecule has 0 saturated carbocycles. The molecule has 3 rings (SSSR count). The zero-order chi connectivity index (χ0) is 21.7. The minimum atomic E-state index is -4.06. The second kappa shape index (κ2) is 9.01. The number of rotatable bonds is 7. The molecule has 2 aromatic carbocycles. The monoisotopic (exact) mass is 446 g/mol. The van der Waals surface area contributed by atoms with Crippen molar-refractivity contribution in [1.82, 2.24) is 10.2 Å². The quantitative estimate of drug-likeness (QED) is 0.422. The Kier molecular flexibility index (Phi) is 6.43. The van der Waals surface area contributed by atoms with Crippen molar-refractivity contribution in [2.75, 3.05) is 16.6 Å². The highest BCUT2D eigenvalue weighted by molar-refractivity contribution is 7.94. The van der Waals surface area contributed by atoms with Crippen LogP contribution in [0.1, 0.15) is 33.2 Å². The zero-order valence-corrected chi connectivity index (χ0v) is 17.7. The van der Waals surface area contributed by atoms with Gasteiger partial charge in [-0.1, -0.05) is 35.1 Å². The zero-order valence-electron chi connectivity index (χ0n) is 16.1. The second-order valence-corrected chi connectivity index (χ2v) is 8.94. The summed E-state index contributed by atoms with van der Waals surface area (Å²) in [5.41, 5.74) is 1.71. The van der Waals surface area contributed by atoms with E-state index in [2.05, 4.69) is 20.2 Å². The predicted molar refractivity (Wildman–Crippen MR) is 112 cm³/mol. The van der Waals surface area contributed by atoms with Gasteiger partial charge >= 0.3 is 5.97 Å². The van der Waals surface area contributed by atoms with Crippen LogP contribution in [0.15, 0.2) is 52.9 Å². The lowest BCUT2D eigenvalue weighted by Gasteiger charge is -2.07. The summed E-state index contributed by atoms with van der Waals surface area (Å²) in [5.74, 6) is -0.982. The average Bonchev–Trinajstić information content (AvgIpc) is 3.17. The molecule has 0 unspecified atom stereocenters. The molecule has 0 radical (unpaired) electrons. The molecule has 0 bridgehead atoms. The lowest BCUT2D eigenvalue weighted by molar-refractivity contribution is 0.0526. The Morgan fingerprint density at radius 1 is 1.07 bits per heavy atom. The van der Waals surface area contributed by atoms with Gasteiger partial charge in [-0.05, 0) is 44.2 Å². The number of aromatic nitrogens is 2. The van der Waals surface area contributed by atoms with E-state index in [1.165, 1.54) is 24.3 Å². The summed E-state index contributed by atoms with van der Waals surface area (Å²) in [6.07, 6.45) is 0. The van der Waals surface area contributed by atoms with Crippen LogP contribution < -0.4 is 10.0 Å². The molecule has 3 aromatic rings. The Labute approximate surface area is 177 Å². The third-order valence-electron chi connectivity index (χ3n) is 3.76. The van der Waals surface area contributed by atoms with Crippen LogP contribution >= 0.6 is 11.3 Å². The van der Waals surface area contributed by atoms with Crippen LogP contribution in [0.5, 0.6) is 0 Å². The smallest absolute Gasteiger partial charge is 0.338 e. The van der Waals surface area contributed by atoms with Crippen molar-refractivity contribution in [3.63, 3.8) is 0 Å². The number of nitrogens with zero attached hydrogens (tertiary/aromatic N) is 2. The van der Waals surface area contributed by atoms with Crippen molar-refractivity contribution in [2.24, 2.45) is 0 Å². The number of esters is 1. The fourth-order valence-electron chi connectivity index (χ4n) is 2.45. The number of hydrogen-bond acceptors (Lipinski definition) is 8. The molecular weight excluding hydrogens is 428 g/mol. The van der Waals surface area contributed by atoms with Crippen LogP contribution in [0.4, 0.5) is 10.8 Å². The molecule has 30 heavy (non-hydrogen) atoms. The first-order valence-corrected chi connectivity index (χ1v) is 11.1. The molecule has 0 atom stereocenters. The highest BCUT2D eigenvalue weighted by Crippen LogP contribution is 2.23. The van der Waals surface area contributed by atoms with Crippen molar-refractivity contribution < 1.29 is 22.7 Å². The van der Waals surface area contributed by atoms with Crippen molar-refractivity contribution in [1.29, 1.82) is 0 Å². The largest absolute Gasteiger partial charge is 0.462 e. The Hall–Kier alpha value is -3.31. The molecule has 0 aliphatic heterocycles. The predicted octanol–water partition coefficient (Wildman–Crippen LogP) is 3.08. The molecule has 9 nitrogen and oxygen atoms in total. The Morgan fingerprint density at radius 3 is 2.53 bits per heavy atom. The molecule has 1 heterocycles. The van der Waals surface area contributed by atoms with Crippen LogP contribution in [-0.2, 0) is 14.8 Å². The van der Waals surface area contributed by atoms with Gasteiger partial charge in [-0.3, -0.25) is 14.8 Å². The Balaban J connectivity index is 1.73. The van der Waals surface area contributed by atoms with Crippen molar-refractivity contribution in [2.45, 2.75) is 18.2 Å². The van der Waals surface area contributed by atoms with Gasteiger partial charge in [0.05, 0.1) is 12.2 Å². The normalized spacial score (nSPS) is 11.0. The maximum atomic E-state index is 12.6. The van der Waals surface area contributed by atoms with Gasteiger partial charge in [0.15, 0.2) is 0 Å². The van der Waals surface area contributed by atoms with Crippen molar-refractivity contribution in [3.05, 3.63) is 65.2 Å². The molecule has 11 heteroatoms. The fourth-order valence-corrected chi connectivity index (χ4v) is 4.39. The first-order valence-electron chi connectivity index (χ1n) is 8.80. The van der Waals surface area contributed by atoms with Crippen LogP contribution in [0.3, 0.4) is 0 Å². The van der Waals surface area contributed by atoms with Crippen LogP contribution in [-0.4, -0.2) is 37.1 Å². The first-order chi connectivity index (χ1) is 14.3. The number of benzene rings is 2. The number of hydrogen-bond donors (Lipinski definition) is 2. The van der Waals surface area contributed by atoms with Crippen molar-refractivity contribution in [3.8, 4) is 0 Å². The van der Waals surface area contributed by atoms with Gasteiger partial charge < -0.3 is 4.74 Å². The highest BCUT2D eigenvalue weighted by atomic mass is 32.2. The van der Waals surface area contributed by atoms with Gasteiger partial charge in [-0.2, -0.15) is 8.42 Å². The molecule has 0 spiro atoms. The van der Waals surface area contributed by atoms with Crippen LogP contribution in [0.25, 0.3) is 0 Å². The SMILES string of the molecule is CCOC(=O)c1cccc(NS(=O)(=O)c2nnc(NC(=O)c3cccc(C)c3)s2)c1. The van der Waals surface area contributed by atoms with E-state index in [4.69, 9.17) is 4.74 Å². The summed E-state index contributed by atoms with van der Waals surface area (Å²) in [7, 11) is -4.06. The Morgan fingerprint density at radius 2 is 1.80 bits per heavy atom. The standard InChI is InChI=1S/C19H18N4O5S2/c1-3-28-17(25)14-8-5-9-15(11-14)23-30(26,27)19-22-21-18(29-19)20-16(24)13-7-4-6-12(2)10-13/h4-11,23H,3H2,1-2H3,(H,20,21,24). The molecule has 0 saturated heterocycles. The first kappa shape index (κ1) is 21.4. The van der Waals surface area contributed by atoms with E-state index in [0.29, 0.717) is 16.9 Å². The molecule has 0 aliphatic carbocycles. The lowest BCUT2D eigenvalue weighted by atomic mass is 10.1. The summed E-state index contributed by atoms with van der Waals surface area (Å²) < 4.78 is 32.1. The molecule has 0 aliphatic rings. The van der Waals surface area contributed by atoms with E-state index in [0.717, 1.165) is 5.56 Å². The third kappa shape index (κ3) is 5.19. The van der Waals surface area contributed by atoms with E-state index < -0.39 is 21.9 Å². The summed E-state index contributed by atoms with van der Waals surface area (Å²) in [6.45, 7) is 3.74. The number of aryl methyl sites for hydroxylation is 1. The van der Waals surface area contributed by atoms with Gasteiger partial charge in [0.1, 0.15) is 0 Å². The second-order valence-electron chi connectivity index (χ2n) is 6.10. The topological polar surface area (TPSA) is 127 Å². The molecule has 2 N–H and O–H groups in total. The van der Waals surface area contributed by atoms with E-state index >= 15 is 0 Å². The van der Waals surface area contributed by atoms with E-state index in [1.807, 2.05) is 13.0 Å². The molecule has 1 amide bonds. The summed E-state index contributed by atoms with van der Waals surface area (Å²) in [4.78, 5) is 24.1. The lowest BCUT2D eigenvalue weighted by Crippen LogP contribution is -2.13.